The number of piperidine rings is 1. The van der Waals surface area contributed by atoms with Gasteiger partial charge < -0.3 is 15.3 Å². The third kappa shape index (κ3) is 3.54. The third-order valence-electron chi connectivity index (χ3n) is 3.98. The summed E-state index contributed by atoms with van der Waals surface area (Å²) < 4.78 is 0.224. The largest absolute Gasteiger partial charge is 0.396 e. The summed E-state index contributed by atoms with van der Waals surface area (Å²) in [6.45, 7) is 4.71. The van der Waals surface area contributed by atoms with E-state index in [-0.39, 0.29) is 23.3 Å². The quantitative estimate of drug-likeness (QED) is 0.822. The predicted octanol–water partition coefficient (Wildman–Crippen LogP) is 1.69. The Morgan fingerprint density at radius 2 is 2.39 bits per heavy atom. The van der Waals surface area contributed by atoms with E-state index in [0.717, 1.165) is 25.9 Å². The molecule has 2 N–H and O–H groups in total. The average Bonchev–Trinajstić information content (AvgIpc) is 2.83. The topological polar surface area (TPSA) is 52.6 Å². The maximum Gasteiger partial charge on any atom is 0.317 e. The van der Waals surface area contributed by atoms with Gasteiger partial charge in [-0.05, 0) is 44.3 Å². The van der Waals surface area contributed by atoms with Crippen LogP contribution in [-0.2, 0) is 0 Å². The van der Waals surface area contributed by atoms with Crippen LogP contribution in [0.1, 0.15) is 32.6 Å². The lowest BCUT2D eigenvalue weighted by Crippen LogP contribution is -2.48. The molecular formula is C13H24N2O2S. The summed E-state index contributed by atoms with van der Waals surface area (Å²) in [4.78, 5) is 13.9. The highest BCUT2D eigenvalue weighted by molar-refractivity contribution is 8.00. The van der Waals surface area contributed by atoms with Gasteiger partial charge >= 0.3 is 6.03 Å². The highest BCUT2D eigenvalue weighted by Crippen LogP contribution is 2.36. The fraction of sp³-hybridized carbons (Fsp3) is 0.923. The first-order chi connectivity index (χ1) is 8.63. The summed E-state index contributed by atoms with van der Waals surface area (Å²) in [5, 5.41) is 12.2. The number of carbonyl (C=O) groups excluding carboxylic acids is 1. The maximum absolute atomic E-state index is 12.1. The van der Waals surface area contributed by atoms with Crippen molar-refractivity contribution in [2.24, 2.45) is 5.92 Å². The van der Waals surface area contributed by atoms with Crippen LogP contribution in [0.2, 0.25) is 0 Å². The summed E-state index contributed by atoms with van der Waals surface area (Å²) >= 11 is 1.97. The zero-order valence-electron chi connectivity index (χ0n) is 11.2. The van der Waals surface area contributed by atoms with Gasteiger partial charge in [-0.3, -0.25) is 0 Å². The zero-order chi connectivity index (χ0) is 13.0. The average molecular weight is 272 g/mol. The third-order valence-corrected chi connectivity index (χ3v) is 5.52. The van der Waals surface area contributed by atoms with Crippen molar-refractivity contribution in [2.75, 3.05) is 32.0 Å². The van der Waals surface area contributed by atoms with Gasteiger partial charge in [-0.2, -0.15) is 11.8 Å². The number of aliphatic hydroxyl groups excluding tert-OH is 1. The Balaban J connectivity index is 1.77. The van der Waals surface area contributed by atoms with Crippen LogP contribution in [0.25, 0.3) is 0 Å². The van der Waals surface area contributed by atoms with Crippen molar-refractivity contribution in [1.82, 2.24) is 10.2 Å². The fourth-order valence-electron chi connectivity index (χ4n) is 2.75. The van der Waals surface area contributed by atoms with E-state index in [1.54, 1.807) is 0 Å². The minimum Gasteiger partial charge on any atom is -0.396 e. The van der Waals surface area contributed by atoms with Crippen LogP contribution in [0.4, 0.5) is 4.79 Å². The molecule has 2 rings (SSSR count). The molecule has 18 heavy (non-hydrogen) atoms. The lowest BCUT2D eigenvalue weighted by atomic mass is 9.99. The fourth-order valence-corrected chi connectivity index (χ4v) is 3.99. The van der Waals surface area contributed by atoms with E-state index in [2.05, 4.69) is 12.2 Å². The first kappa shape index (κ1) is 14.0. The van der Waals surface area contributed by atoms with Crippen molar-refractivity contribution in [2.45, 2.75) is 37.4 Å². The number of thioether (sulfide) groups is 1. The molecule has 104 valence electrons. The van der Waals surface area contributed by atoms with Gasteiger partial charge in [0.25, 0.3) is 0 Å². The van der Waals surface area contributed by atoms with Crippen LogP contribution in [0, 0.1) is 5.92 Å². The monoisotopic (exact) mass is 272 g/mol. The van der Waals surface area contributed by atoms with Gasteiger partial charge in [-0.25, -0.2) is 4.79 Å². The van der Waals surface area contributed by atoms with E-state index in [1.807, 2.05) is 16.7 Å². The molecule has 2 heterocycles. The van der Waals surface area contributed by atoms with Crippen molar-refractivity contribution in [3.05, 3.63) is 0 Å². The van der Waals surface area contributed by atoms with E-state index in [0.29, 0.717) is 6.54 Å². The van der Waals surface area contributed by atoms with Crippen molar-refractivity contribution < 1.29 is 9.90 Å². The molecule has 2 saturated heterocycles. The Labute approximate surface area is 113 Å². The molecular weight excluding hydrogens is 248 g/mol. The molecule has 0 radical (unpaired) electrons. The van der Waals surface area contributed by atoms with E-state index >= 15 is 0 Å². The molecule has 0 spiro atoms. The molecule has 0 aromatic heterocycles. The van der Waals surface area contributed by atoms with Crippen molar-refractivity contribution in [1.29, 1.82) is 0 Å². The Kier molecular flexibility index (Phi) is 4.78. The number of carbonyl (C=O) groups is 1. The molecule has 2 amide bonds. The van der Waals surface area contributed by atoms with Crippen LogP contribution >= 0.6 is 11.8 Å². The molecule has 0 bridgehead atoms. The molecule has 2 aliphatic heterocycles. The van der Waals surface area contributed by atoms with Gasteiger partial charge in [0.15, 0.2) is 0 Å². The number of nitrogens with one attached hydrogen (secondary N) is 1. The Bertz CT molecular complexity index is 293. The van der Waals surface area contributed by atoms with Crippen LogP contribution in [-0.4, -0.2) is 52.8 Å². The van der Waals surface area contributed by atoms with E-state index in [9.17, 15) is 9.90 Å². The number of aliphatic hydroxyl groups is 1. The van der Waals surface area contributed by atoms with Gasteiger partial charge in [0.1, 0.15) is 0 Å². The van der Waals surface area contributed by atoms with Gasteiger partial charge in [-0.15, -0.1) is 0 Å². The number of rotatable bonds is 3. The second kappa shape index (κ2) is 6.15. The standard InChI is InChI=1S/C13H24N2O2S/c1-13(5-3-7-18-13)10-14-12(17)15-6-2-4-11(8-15)9-16/h11,16H,2-10H2,1H3,(H,14,17). The molecule has 0 aromatic rings. The number of hydrogen-bond donors (Lipinski definition) is 2. The van der Waals surface area contributed by atoms with E-state index in [1.165, 1.54) is 18.6 Å². The van der Waals surface area contributed by atoms with Crippen LogP contribution in [0.5, 0.6) is 0 Å². The van der Waals surface area contributed by atoms with Crippen molar-refractivity contribution >= 4 is 17.8 Å². The normalized spacial score (nSPS) is 32.6. The van der Waals surface area contributed by atoms with Crippen LogP contribution < -0.4 is 5.32 Å². The second-order valence-electron chi connectivity index (χ2n) is 5.70. The van der Waals surface area contributed by atoms with E-state index < -0.39 is 0 Å². The highest BCUT2D eigenvalue weighted by atomic mass is 32.2. The predicted molar refractivity (Wildman–Crippen MR) is 74.9 cm³/mol. The molecule has 5 heteroatoms. The first-order valence-electron chi connectivity index (χ1n) is 6.90. The molecule has 2 atom stereocenters. The summed E-state index contributed by atoms with van der Waals surface area (Å²) in [6.07, 6.45) is 4.49. The van der Waals surface area contributed by atoms with Gasteiger partial charge in [-0.1, -0.05) is 0 Å². The number of nitrogens with zero attached hydrogens (tertiary/aromatic N) is 1. The molecule has 2 aliphatic rings. The minimum absolute atomic E-state index is 0.0434. The SMILES string of the molecule is CC1(CNC(=O)N2CCCC(CO)C2)CCCS1. The summed E-state index contributed by atoms with van der Waals surface area (Å²) in [5.74, 6) is 1.48. The maximum atomic E-state index is 12.1. The Morgan fingerprint density at radius 3 is 3.06 bits per heavy atom. The minimum atomic E-state index is 0.0434. The van der Waals surface area contributed by atoms with Gasteiger partial charge in [0.05, 0.1) is 0 Å². The molecule has 2 fully saturated rings. The first-order valence-corrected chi connectivity index (χ1v) is 7.89. The van der Waals surface area contributed by atoms with Crippen LogP contribution in [0.15, 0.2) is 0 Å². The second-order valence-corrected chi connectivity index (χ2v) is 7.38. The number of urea groups is 1. The number of hydrogen-bond acceptors (Lipinski definition) is 3. The lowest BCUT2D eigenvalue weighted by molar-refractivity contribution is 0.129. The smallest absolute Gasteiger partial charge is 0.317 e. The van der Waals surface area contributed by atoms with E-state index in [4.69, 9.17) is 0 Å². The highest BCUT2D eigenvalue weighted by Gasteiger charge is 2.31. The molecule has 0 saturated carbocycles. The molecule has 0 aliphatic carbocycles. The Hall–Kier alpha value is -0.420. The van der Waals surface area contributed by atoms with Crippen LogP contribution in [0.3, 0.4) is 0 Å². The summed E-state index contributed by atoms with van der Waals surface area (Å²) in [5.41, 5.74) is 0. The summed E-state index contributed by atoms with van der Waals surface area (Å²) in [7, 11) is 0. The lowest BCUT2D eigenvalue weighted by Gasteiger charge is -2.33. The summed E-state index contributed by atoms with van der Waals surface area (Å²) in [6, 6.07) is 0.0434. The molecule has 0 aromatic carbocycles. The number of likely N-dealkylation sites (tertiary alicyclic amines) is 1. The molecule has 2 unspecified atom stereocenters. The number of amides is 2. The van der Waals surface area contributed by atoms with Gasteiger partial charge in [0, 0.05) is 31.0 Å². The molecule has 4 nitrogen and oxygen atoms in total. The van der Waals surface area contributed by atoms with Gasteiger partial charge in [0.2, 0.25) is 0 Å². The zero-order valence-corrected chi connectivity index (χ0v) is 12.0. The van der Waals surface area contributed by atoms with Crippen molar-refractivity contribution in [3.63, 3.8) is 0 Å². The van der Waals surface area contributed by atoms with Crippen molar-refractivity contribution in [3.8, 4) is 0 Å². The Morgan fingerprint density at radius 1 is 1.56 bits per heavy atom.